The zero-order valence-electron chi connectivity index (χ0n) is 32.3. The number of imide groups is 1. The van der Waals surface area contributed by atoms with Gasteiger partial charge in [0.1, 0.15) is 5.75 Å². The maximum atomic E-state index is 13.5. The molecule has 0 spiro atoms. The van der Waals surface area contributed by atoms with E-state index in [0.717, 1.165) is 95.1 Å². The van der Waals surface area contributed by atoms with Crippen molar-refractivity contribution in [3.8, 4) is 11.8 Å². The Morgan fingerprint density at radius 1 is 0.842 bits per heavy atom. The third-order valence-corrected chi connectivity index (χ3v) is 12.2. The van der Waals surface area contributed by atoms with Crippen LogP contribution >= 0.6 is 0 Å². The number of hydrogen-bond donors (Lipinski definition) is 2. The van der Waals surface area contributed by atoms with Crippen LogP contribution in [0.25, 0.3) is 0 Å². The van der Waals surface area contributed by atoms with Crippen LogP contribution in [0.4, 0.5) is 30.2 Å². The maximum Gasteiger partial charge on any atom is 0.417 e. The summed E-state index contributed by atoms with van der Waals surface area (Å²) in [6.45, 7) is 8.26. The van der Waals surface area contributed by atoms with Gasteiger partial charge in [0.15, 0.2) is 6.29 Å². The Labute approximate surface area is 331 Å². The number of carbonyl (C=O) groups is 3. The van der Waals surface area contributed by atoms with E-state index < -0.39 is 17.8 Å². The molecule has 0 radical (unpaired) electrons. The van der Waals surface area contributed by atoms with Crippen molar-refractivity contribution in [2.45, 2.75) is 63.2 Å². The number of aldehydes is 1. The van der Waals surface area contributed by atoms with Crippen LogP contribution in [0.5, 0.6) is 5.75 Å². The number of rotatable bonds is 11. The van der Waals surface area contributed by atoms with E-state index in [9.17, 15) is 27.6 Å². The molecule has 4 heterocycles. The van der Waals surface area contributed by atoms with E-state index in [1.165, 1.54) is 17.3 Å². The zero-order valence-corrected chi connectivity index (χ0v) is 32.3. The first kappa shape index (κ1) is 40.1. The quantitative estimate of drug-likeness (QED) is 0.185. The number of halogens is 3. The summed E-state index contributed by atoms with van der Waals surface area (Å²) in [5.74, 6) is 0.865. The van der Waals surface area contributed by atoms with Gasteiger partial charge in [-0.25, -0.2) is 0 Å². The van der Waals surface area contributed by atoms with Crippen LogP contribution < -0.4 is 30.1 Å². The number of carbonyl (C=O) groups excluding carboxylic acids is 3. The number of methoxy groups -OCH3 is 1. The summed E-state index contributed by atoms with van der Waals surface area (Å²) in [5.41, 5.74) is 3.97. The smallest absolute Gasteiger partial charge is 0.417 e. The van der Waals surface area contributed by atoms with Gasteiger partial charge in [-0.2, -0.15) is 18.4 Å². The summed E-state index contributed by atoms with van der Waals surface area (Å²) in [4.78, 5) is 45.2. The Hall–Kier alpha value is -5.13. The molecule has 302 valence electrons. The molecule has 2 amide bonds. The van der Waals surface area contributed by atoms with E-state index in [1.807, 2.05) is 17.0 Å². The molecule has 14 heteroatoms. The van der Waals surface area contributed by atoms with Crippen LogP contribution in [0.3, 0.4) is 0 Å². The highest BCUT2D eigenvalue weighted by molar-refractivity contribution is 6.00. The Morgan fingerprint density at radius 3 is 2.12 bits per heavy atom. The summed E-state index contributed by atoms with van der Waals surface area (Å²) < 4.78 is 46.2. The number of amides is 2. The van der Waals surface area contributed by atoms with Crippen LogP contribution in [0.15, 0.2) is 54.6 Å². The number of piperazine rings is 1. The molecule has 2 N–H and O–H groups in total. The van der Waals surface area contributed by atoms with E-state index in [1.54, 1.807) is 19.2 Å². The number of ether oxygens (including phenoxy) is 1. The molecule has 1 unspecified atom stereocenters. The predicted molar refractivity (Wildman–Crippen MR) is 212 cm³/mol. The second kappa shape index (κ2) is 17.6. The van der Waals surface area contributed by atoms with Crippen molar-refractivity contribution >= 4 is 35.2 Å². The average molecular weight is 786 g/mol. The molecular formula is C43H50F3N7O4. The van der Waals surface area contributed by atoms with Gasteiger partial charge in [-0.1, -0.05) is 12.1 Å². The van der Waals surface area contributed by atoms with Crippen molar-refractivity contribution in [1.82, 2.24) is 15.5 Å². The summed E-state index contributed by atoms with van der Waals surface area (Å²) in [7, 11) is 1.55. The summed E-state index contributed by atoms with van der Waals surface area (Å²) >= 11 is 0. The van der Waals surface area contributed by atoms with Crippen LogP contribution in [-0.4, -0.2) is 95.1 Å². The number of nitriles is 1. The lowest BCUT2D eigenvalue weighted by Crippen LogP contribution is -2.50. The average Bonchev–Trinajstić information content (AvgIpc) is 3.23. The first-order chi connectivity index (χ1) is 27.5. The molecule has 7 rings (SSSR count). The summed E-state index contributed by atoms with van der Waals surface area (Å²) in [6, 6.07) is 17.9. The molecule has 0 aliphatic carbocycles. The van der Waals surface area contributed by atoms with Gasteiger partial charge in [-0.15, -0.1) is 0 Å². The van der Waals surface area contributed by atoms with Crippen molar-refractivity contribution in [3.63, 3.8) is 0 Å². The minimum absolute atomic E-state index is 0.267. The van der Waals surface area contributed by atoms with Gasteiger partial charge in [0, 0.05) is 95.0 Å². The van der Waals surface area contributed by atoms with Crippen LogP contribution in [0, 0.1) is 17.2 Å². The van der Waals surface area contributed by atoms with Gasteiger partial charge in [-0.05, 0) is 91.5 Å². The molecule has 3 aromatic rings. The van der Waals surface area contributed by atoms with Crippen LogP contribution in [0.1, 0.15) is 77.1 Å². The molecule has 4 saturated heterocycles. The fourth-order valence-corrected chi connectivity index (χ4v) is 8.84. The van der Waals surface area contributed by atoms with Crippen molar-refractivity contribution in [3.05, 3.63) is 82.4 Å². The molecule has 11 nitrogen and oxygen atoms in total. The largest absolute Gasteiger partial charge is 0.496 e. The zero-order chi connectivity index (χ0) is 40.1. The minimum atomic E-state index is -4.56. The molecule has 57 heavy (non-hydrogen) atoms. The van der Waals surface area contributed by atoms with Gasteiger partial charge in [0.25, 0.3) is 0 Å². The molecule has 0 bridgehead atoms. The number of anilines is 3. The Morgan fingerprint density at radius 2 is 1.49 bits per heavy atom. The van der Waals surface area contributed by atoms with E-state index in [2.05, 4.69) is 49.6 Å². The van der Waals surface area contributed by atoms with E-state index in [0.29, 0.717) is 54.9 Å². The molecule has 0 aromatic heterocycles. The fraction of sp³-hybridized carbons (Fsp3) is 0.488. The SMILES string of the molecule is COc1cc(N2CCN(CC3CCN(c4ccc(C5CCN(c6ccc(C#N)c(C(F)(F)F)c6)CC5)cc4)CC3)CC2)cc(CNC2CCC(=O)NC2=O)c1C=O. The molecule has 4 aliphatic heterocycles. The molecule has 4 fully saturated rings. The fourth-order valence-electron chi connectivity index (χ4n) is 8.84. The normalized spacial score (nSPS) is 20.3. The minimum Gasteiger partial charge on any atom is -0.496 e. The second-order valence-corrected chi connectivity index (χ2v) is 15.6. The third-order valence-electron chi connectivity index (χ3n) is 12.2. The van der Waals surface area contributed by atoms with Gasteiger partial charge in [0.05, 0.1) is 35.9 Å². The number of benzene rings is 3. The highest BCUT2D eigenvalue weighted by atomic mass is 19.4. The van der Waals surface area contributed by atoms with Gasteiger partial charge in [0.2, 0.25) is 11.8 Å². The summed E-state index contributed by atoms with van der Waals surface area (Å²) in [5, 5.41) is 14.7. The standard InChI is InChI=1S/C43H50F3N7O4/c1-57-40-24-36(22-33(37(40)28-54)26-48-39-8-9-41(55)49-42(39)56)53-20-18-50(19-21-53)27-29-10-14-51(15-11-29)34-5-2-30(3-6-34)31-12-16-52(17-13-31)35-7-4-32(25-47)38(23-35)43(44,45)46/h2-7,22-24,28-29,31,39,48H,8-21,26-27H2,1H3,(H,49,55,56). The van der Waals surface area contributed by atoms with Gasteiger partial charge >= 0.3 is 6.18 Å². The number of piperidine rings is 3. The topological polar surface area (TPSA) is 121 Å². The monoisotopic (exact) mass is 785 g/mol. The Bertz CT molecular complexity index is 1960. The number of hydrogen-bond acceptors (Lipinski definition) is 10. The lowest BCUT2D eigenvalue weighted by molar-refractivity contribution is -0.138. The van der Waals surface area contributed by atoms with Crippen molar-refractivity contribution in [1.29, 1.82) is 5.26 Å². The highest BCUT2D eigenvalue weighted by Crippen LogP contribution is 2.37. The van der Waals surface area contributed by atoms with E-state index >= 15 is 0 Å². The molecule has 4 aliphatic rings. The van der Waals surface area contributed by atoms with Gasteiger partial charge in [-0.3, -0.25) is 24.6 Å². The Kier molecular flexibility index (Phi) is 12.4. The van der Waals surface area contributed by atoms with Crippen molar-refractivity contribution < 1.29 is 32.3 Å². The molecule has 3 aromatic carbocycles. The number of nitrogens with one attached hydrogen (secondary N) is 2. The van der Waals surface area contributed by atoms with Crippen molar-refractivity contribution in [2.24, 2.45) is 5.92 Å². The summed E-state index contributed by atoms with van der Waals surface area (Å²) in [6.07, 6.45) is 0.881. The maximum absolute atomic E-state index is 13.5. The molecular weight excluding hydrogens is 736 g/mol. The molecule has 1 atom stereocenters. The van der Waals surface area contributed by atoms with E-state index in [4.69, 9.17) is 10.00 Å². The van der Waals surface area contributed by atoms with Crippen LogP contribution in [-0.2, 0) is 22.3 Å². The number of alkyl halides is 3. The lowest BCUT2D eigenvalue weighted by Gasteiger charge is -2.40. The van der Waals surface area contributed by atoms with Crippen molar-refractivity contribution in [2.75, 3.05) is 80.7 Å². The first-order valence-electron chi connectivity index (χ1n) is 19.9. The third kappa shape index (κ3) is 9.37. The first-order valence-corrected chi connectivity index (χ1v) is 19.9. The van der Waals surface area contributed by atoms with Gasteiger partial charge < -0.3 is 24.8 Å². The van der Waals surface area contributed by atoms with Crippen LogP contribution in [0.2, 0.25) is 0 Å². The Balaban J connectivity index is 0.862. The van der Waals surface area contributed by atoms with E-state index in [-0.39, 0.29) is 23.8 Å². The predicted octanol–water partition coefficient (Wildman–Crippen LogP) is 5.72. The highest BCUT2D eigenvalue weighted by Gasteiger charge is 2.35. The molecule has 0 saturated carbocycles. The lowest BCUT2D eigenvalue weighted by atomic mass is 9.88. The second-order valence-electron chi connectivity index (χ2n) is 15.6. The number of nitrogens with zero attached hydrogens (tertiary/aromatic N) is 5.